The highest BCUT2D eigenvalue weighted by Gasteiger charge is 2.58. The van der Waals surface area contributed by atoms with E-state index in [9.17, 15) is 4.79 Å². The van der Waals surface area contributed by atoms with Gasteiger partial charge in [-0.1, -0.05) is 51.0 Å². The van der Waals surface area contributed by atoms with E-state index in [0.29, 0.717) is 11.7 Å². The Morgan fingerprint density at radius 3 is 2.79 bits per heavy atom. The van der Waals surface area contributed by atoms with E-state index < -0.39 is 0 Å². The van der Waals surface area contributed by atoms with Gasteiger partial charge in [-0.25, -0.2) is 0 Å². The van der Waals surface area contributed by atoms with Gasteiger partial charge in [0.1, 0.15) is 5.78 Å². The molecule has 2 heteroatoms. The minimum Gasteiger partial charge on any atom is -0.299 e. The summed E-state index contributed by atoms with van der Waals surface area (Å²) in [6.45, 7) is 7.36. The number of hydrogen-bond donors (Lipinski definition) is 0. The van der Waals surface area contributed by atoms with Crippen molar-refractivity contribution in [3.05, 3.63) is 47.8 Å². The second-order valence-electron chi connectivity index (χ2n) is 10.6. The molecule has 0 amide bonds. The first-order chi connectivity index (χ1) is 14.0. The fourth-order valence-electron chi connectivity index (χ4n) is 7.79. The highest BCUT2D eigenvalue weighted by molar-refractivity contribution is 5.82. The Labute approximate surface area is 175 Å². The van der Waals surface area contributed by atoms with E-state index in [1.807, 2.05) is 6.20 Å². The summed E-state index contributed by atoms with van der Waals surface area (Å²) in [6.07, 6.45) is 17.9. The van der Waals surface area contributed by atoms with Crippen LogP contribution in [0.2, 0.25) is 0 Å². The molecule has 4 aliphatic carbocycles. The molecule has 0 bridgehead atoms. The molecule has 5 rings (SSSR count). The molecule has 1 heterocycles. The lowest BCUT2D eigenvalue weighted by atomic mass is 9.45. The zero-order valence-electron chi connectivity index (χ0n) is 18.3. The summed E-state index contributed by atoms with van der Waals surface area (Å²) in [5, 5.41) is 0. The second kappa shape index (κ2) is 6.93. The molecule has 29 heavy (non-hydrogen) atoms. The van der Waals surface area contributed by atoms with Crippen LogP contribution in [0.25, 0.3) is 5.57 Å². The fourth-order valence-corrected chi connectivity index (χ4v) is 7.79. The highest BCUT2D eigenvalue weighted by atomic mass is 16.1. The normalized spacial score (nSPS) is 41.1. The van der Waals surface area contributed by atoms with Gasteiger partial charge in [-0.05, 0) is 83.8 Å². The van der Waals surface area contributed by atoms with Crippen molar-refractivity contribution in [2.24, 2.45) is 34.5 Å². The Kier molecular flexibility index (Phi) is 4.60. The molecule has 0 N–H and O–H groups in total. The van der Waals surface area contributed by atoms with Crippen molar-refractivity contribution in [3.63, 3.8) is 0 Å². The Balaban J connectivity index is 1.54. The van der Waals surface area contributed by atoms with E-state index in [0.717, 1.165) is 37.0 Å². The molecule has 4 aliphatic rings. The number of ketones is 1. The maximum Gasteiger partial charge on any atom is 0.136 e. The Bertz CT molecular complexity index is 868. The zero-order valence-corrected chi connectivity index (χ0v) is 18.3. The molecule has 0 aromatic carbocycles. The fraction of sp³-hybridized carbons (Fsp3) is 0.630. The summed E-state index contributed by atoms with van der Waals surface area (Å²) < 4.78 is 0. The molecule has 0 aliphatic heterocycles. The number of aromatic nitrogens is 1. The van der Waals surface area contributed by atoms with Crippen LogP contribution in [0.1, 0.15) is 77.7 Å². The third kappa shape index (κ3) is 2.81. The van der Waals surface area contributed by atoms with Crippen molar-refractivity contribution >= 4 is 11.4 Å². The summed E-state index contributed by atoms with van der Waals surface area (Å²) in [5.41, 5.74) is 4.88. The molecule has 2 fully saturated rings. The maximum atomic E-state index is 12.3. The molecular formula is C27H35NO. The van der Waals surface area contributed by atoms with Crippen LogP contribution in [-0.4, -0.2) is 10.8 Å². The number of carbonyl (C=O) groups excluding carboxylic acids is 1. The van der Waals surface area contributed by atoms with Crippen LogP contribution < -0.4 is 0 Å². The number of fused-ring (bicyclic) bond motifs is 5. The van der Waals surface area contributed by atoms with Gasteiger partial charge >= 0.3 is 0 Å². The predicted molar refractivity (Wildman–Crippen MR) is 118 cm³/mol. The van der Waals surface area contributed by atoms with E-state index >= 15 is 0 Å². The molecule has 1 aromatic heterocycles. The van der Waals surface area contributed by atoms with Crippen LogP contribution in [0.4, 0.5) is 0 Å². The van der Waals surface area contributed by atoms with Gasteiger partial charge in [-0.3, -0.25) is 9.78 Å². The summed E-state index contributed by atoms with van der Waals surface area (Å²) in [4.78, 5) is 16.7. The van der Waals surface area contributed by atoms with Crippen LogP contribution in [0.15, 0.2) is 42.3 Å². The summed E-state index contributed by atoms with van der Waals surface area (Å²) in [6, 6.07) is 4.32. The third-order valence-electron chi connectivity index (χ3n) is 9.28. The average molecular weight is 390 g/mol. The molecule has 0 spiro atoms. The molecule has 0 saturated heterocycles. The smallest absolute Gasteiger partial charge is 0.136 e. The van der Waals surface area contributed by atoms with Crippen LogP contribution in [0.3, 0.4) is 0 Å². The van der Waals surface area contributed by atoms with Crippen molar-refractivity contribution in [1.82, 2.24) is 4.98 Å². The molecule has 6 atom stereocenters. The van der Waals surface area contributed by atoms with Crippen molar-refractivity contribution in [2.45, 2.75) is 72.1 Å². The van der Waals surface area contributed by atoms with Crippen molar-refractivity contribution < 1.29 is 4.79 Å². The topological polar surface area (TPSA) is 30.0 Å². The quantitative estimate of drug-likeness (QED) is 0.543. The SMILES string of the molecule is CCC[C@@H]1C=C2CC(=O)CC[C@]2(C)[C@H]2CC[C@]3(C)C(c4cccnc4)=CC[C@H]3[C@H]12. The minimum atomic E-state index is 0.251. The van der Waals surface area contributed by atoms with E-state index in [1.54, 1.807) is 5.57 Å². The predicted octanol–water partition coefficient (Wildman–Crippen LogP) is 6.63. The average Bonchev–Trinajstić information content (AvgIpc) is 3.07. The van der Waals surface area contributed by atoms with E-state index in [2.05, 4.69) is 56.2 Å². The monoisotopic (exact) mass is 389 g/mol. The Morgan fingerprint density at radius 2 is 2.03 bits per heavy atom. The molecule has 0 radical (unpaired) electrons. The maximum absolute atomic E-state index is 12.3. The molecular weight excluding hydrogens is 354 g/mol. The lowest BCUT2D eigenvalue weighted by molar-refractivity contribution is -0.122. The highest BCUT2D eigenvalue weighted by Crippen LogP contribution is 2.67. The van der Waals surface area contributed by atoms with Crippen LogP contribution >= 0.6 is 0 Å². The standard InChI is InChI=1S/C27H35NO/c1-4-6-18-15-20-16-21(29)10-12-26(20,2)24-11-13-27(3)22(8-9-23(27)25(18)24)19-7-5-14-28-17-19/h5,7-8,14-15,17-18,23-25H,4,6,9-13,16H2,1-3H3/t18-,23+,24+,25+,26+,27-/m1/s1. The van der Waals surface area contributed by atoms with Crippen molar-refractivity contribution in [3.8, 4) is 0 Å². The van der Waals surface area contributed by atoms with Gasteiger partial charge in [0.05, 0.1) is 0 Å². The zero-order chi connectivity index (χ0) is 20.2. The lowest BCUT2D eigenvalue weighted by Gasteiger charge is -2.59. The molecule has 2 saturated carbocycles. The van der Waals surface area contributed by atoms with E-state index in [-0.39, 0.29) is 10.8 Å². The van der Waals surface area contributed by atoms with Gasteiger partial charge in [0.15, 0.2) is 0 Å². The van der Waals surface area contributed by atoms with Gasteiger partial charge in [0.25, 0.3) is 0 Å². The van der Waals surface area contributed by atoms with Gasteiger partial charge in [0.2, 0.25) is 0 Å². The van der Waals surface area contributed by atoms with Gasteiger partial charge in [0, 0.05) is 25.2 Å². The summed E-state index contributed by atoms with van der Waals surface area (Å²) >= 11 is 0. The number of pyridine rings is 1. The first-order valence-corrected chi connectivity index (χ1v) is 11.8. The second-order valence-corrected chi connectivity index (χ2v) is 10.6. The summed E-state index contributed by atoms with van der Waals surface area (Å²) in [5.74, 6) is 3.32. The van der Waals surface area contributed by atoms with Gasteiger partial charge in [-0.15, -0.1) is 0 Å². The minimum absolute atomic E-state index is 0.251. The number of carbonyl (C=O) groups is 1. The first-order valence-electron chi connectivity index (χ1n) is 11.8. The van der Waals surface area contributed by atoms with Crippen LogP contribution in [0, 0.1) is 34.5 Å². The van der Waals surface area contributed by atoms with Crippen LogP contribution in [0.5, 0.6) is 0 Å². The van der Waals surface area contributed by atoms with E-state index in [1.165, 1.54) is 43.2 Å². The van der Waals surface area contributed by atoms with Gasteiger partial charge in [-0.2, -0.15) is 0 Å². The molecule has 2 nitrogen and oxygen atoms in total. The Morgan fingerprint density at radius 1 is 1.17 bits per heavy atom. The number of nitrogens with zero attached hydrogens (tertiary/aromatic N) is 1. The van der Waals surface area contributed by atoms with Gasteiger partial charge < -0.3 is 0 Å². The van der Waals surface area contributed by atoms with Crippen LogP contribution in [-0.2, 0) is 4.79 Å². The summed E-state index contributed by atoms with van der Waals surface area (Å²) in [7, 11) is 0. The van der Waals surface area contributed by atoms with Crippen molar-refractivity contribution in [1.29, 1.82) is 0 Å². The Hall–Kier alpha value is -1.70. The molecule has 1 aromatic rings. The third-order valence-corrected chi connectivity index (χ3v) is 9.28. The first kappa shape index (κ1) is 19.3. The lowest BCUT2D eigenvalue weighted by Crippen LogP contribution is -2.52. The largest absolute Gasteiger partial charge is 0.299 e. The van der Waals surface area contributed by atoms with E-state index in [4.69, 9.17) is 0 Å². The van der Waals surface area contributed by atoms with Crippen molar-refractivity contribution in [2.75, 3.05) is 0 Å². The molecule has 0 unspecified atom stereocenters. The molecule has 154 valence electrons. The number of allylic oxidation sites excluding steroid dienone is 4. The number of Topliss-reactive ketones (excluding diaryl/α,β-unsaturated/α-hetero) is 1. The number of rotatable bonds is 3. The number of hydrogen-bond acceptors (Lipinski definition) is 2.